The first-order chi connectivity index (χ1) is 15.4. The molecule has 0 spiro atoms. The Labute approximate surface area is 185 Å². The second-order valence-electron chi connectivity index (χ2n) is 7.44. The molecule has 1 atom stereocenters. The van der Waals surface area contributed by atoms with E-state index in [9.17, 15) is 9.59 Å². The highest BCUT2D eigenvalue weighted by Gasteiger charge is 2.28. The van der Waals surface area contributed by atoms with E-state index in [1.807, 2.05) is 45.0 Å². The van der Waals surface area contributed by atoms with Gasteiger partial charge in [-0.25, -0.2) is 15.0 Å². The van der Waals surface area contributed by atoms with Gasteiger partial charge in [0.15, 0.2) is 0 Å². The van der Waals surface area contributed by atoms with Gasteiger partial charge in [-0.3, -0.25) is 20.2 Å². The zero-order chi connectivity index (χ0) is 22.7. The lowest BCUT2D eigenvalue weighted by molar-refractivity contribution is -0.124. The van der Waals surface area contributed by atoms with E-state index in [1.165, 1.54) is 0 Å². The van der Waals surface area contributed by atoms with Gasteiger partial charge in [0, 0.05) is 5.39 Å². The molecule has 2 amide bonds. The van der Waals surface area contributed by atoms with Gasteiger partial charge in [-0.05, 0) is 45.0 Å². The molecular formula is C23H24N6O3. The second-order valence-corrected chi connectivity index (χ2v) is 7.44. The van der Waals surface area contributed by atoms with Crippen LogP contribution in [-0.4, -0.2) is 40.4 Å². The number of carbonyl (C=O) groups is 2. The number of guanidine groups is 1. The number of nitrogens with one attached hydrogen (secondary N) is 3. The number of hydrogen-bond acceptors (Lipinski definition) is 7. The first-order valence-corrected chi connectivity index (χ1v) is 10.4. The molecule has 9 nitrogen and oxygen atoms in total. The van der Waals surface area contributed by atoms with Gasteiger partial charge in [-0.1, -0.05) is 23.8 Å². The average Bonchev–Trinajstić information content (AvgIpc) is 2.75. The van der Waals surface area contributed by atoms with Crippen molar-refractivity contribution in [2.75, 3.05) is 17.2 Å². The van der Waals surface area contributed by atoms with Crippen LogP contribution >= 0.6 is 0 Å². The summed E-state index contributed by atoms with van der Waals surface area (Å²) in [6.45, 7) is 6.23. The number of carbonyl (C=O) groups excluding carboxylic acids is 2. The topological polar surface area (TPSA) is 118 Å². The minimum absolute atomic E-state index is 0.0648. The zero-order valence-electron chi connectivity index (χ0n) is 18.1. The van der Waals surface area contributed by atoms with Crippen LogP contribution in [0.1, 0.15) is 24.6 Å². The molecule has 1 aliphatic rings. The molecule has 0 fully saturated rings. The number of benzene rings is 2. The van der Waals surface area contributed by atoms with Crippen molar-refractivity contribution in [3.05, 3.63) is 53.7 Å². The first-order valence-electron chi connectivity index (χ1n) is 10.4. The molecule has 9 heteroatoms. The predicted molar refractivity (Wildman–Crippen MR) is 123 cm³/mol. The highest BCUT2D eigenvalue weighted by atomic mass is 16.5. The second kappa shape index (κ2) is 9.01. The van der Waals surface area contributed by atoms with Crippen LogP contribution in [0.25, 0.3) is 10.9 Å². The van der Waals surface area contributed by atoms with Crippen LogP contribution in [0, 0.1) is 13.8 Å². The number of anilines is 2. The fourth-order valence-electron chi connectivity index (χ4n) is 3.43. The minimum atomic E-state index is -0.898. The van der Waals surface area contributed by atoms with Crippen molar-refractivity contribution in [1.29, 1.82) is 0 Å². The third-order valence-corrected chi connectivity index (χ3v) is 4.94. The Kier molecular flexibility index (Phi) is 5.98. The highest BCUT2D eigenvalue weighted by molar-refractivity contribution is 6.09. The molecule has 0 bridgehead atoms. The number of ether oxygens (including phenoxy) is 1. The fraction of sp³-hybridized carbons (Fsp3) is 0.261. The number of rotatable bonds is 5. The van der Waals surface area contributed by atoms with Gasteiger partial charge in [-0.2, -0.15) is 0 Å². The third kappa shape index (κ3) is 4.66. The first kappa shape index (κ1) is 21.2. The summed E-state index contributed by atoms with van der Waals surface area (Å²) in [6.07, 6.45) is -0.0648. The van der Waals surface area contributed by atoms with E-state index < -0.39 is 11.9 Å². The minimum Gasteiger partial charge on any atom is -0.492 e. The Morgan fingerprint density at radius 1 is 1.19 bits per heavy atom. The Morgan fingerprint density at radius 2 is 2.00 bits per heavy atom. The van der Waals surface area contributed by atoms with Crippen molar-refractivity contribution in [3.8, 4) is 5.75 Å². The Hall–Kier alpha value is -4.01. The summed E-state index contributed by atoms with van der Waals surface area (Å²) in [6, 6.07) is 12.1. The van der Waals surface area contributed by atoms with Crippen molar-refractivity contribution < 1.29 is 14.3 Å². The summed E-state index contributed by atoms with van der Waals surface area (Å²) in [5.41, 5.74) is 3.22. The van der Waals surface area contributed by atoms with Gasteiger partial charge in [0.1, 0.15) is 11.8 Å². The number of nitrogens with zero attached hydrogens (tertiary/aromatic N) is 3. The lowest BCUT2D eigenvalue weighted by Crippen LogP contribution is -2.46. The molecule has 2 aromatic carbocycles. The van der Waals surface area contributed by atoms with Crippen LogP contribution in [0.15, 0.2) is 47.5 Å². The summed E-state index contributed by atoms with van der Waals surface area (Å²) >= 11 is 0. The molecule has 1 aromatic heterocycles. The van der Waals surface area contributed by atoms with Crippen LogP contribution in [0.4, 0.5) is 11.6 Å². The van der Waals surface area contributed by atoms with Crippen molar-refractivity contribution in [2.45, 2.75) is 33.2 Å². The van der Waals surface area contributed by atoms with Crippen LogP contribution in [0.3, 0.4) is 0 Å². The summed E-state index contributed by atoms with van der Waals surface area (Å²) in [7, 11) is 0. The predicted octanol–water partition coefficient (Wildman–Crippen LogP) is 2.94. The van der Waals surface area contributed by atoms with Gasteiger partial charge in [0.25, 0.3) is 0 Å². The fourth-order valence-corrected chi connectivity index (χ4v) is 3.43. The van der Waals surface area contributed by atoms with Crippen LogP contribution in [0.5, 0.6) is 5.75 Å². The SMILES string of the molecule is CCOc1ccccc1NC(=O)C1CC(=O)NC(Nc2nc(C)c3cc(C)ccc3n2)=N1. The summed E-state index contributed by atoms with van der Waals surface area (Å²) < 4.78 is 5.54. The van der Waals surface area contributed by atoms with Crippen LogP contribution in [-0.2, 0) is 9.59 Å². The number of hydrogen-bond donors (Lipinski definition) is 3. The maximum Gasteiger partial charge on any atom is 0.249 e. The number of para-hydroxylation sites is 2. The lowest BCUT2D eigenvalue weighted by Gasteiger charge is -2.21. The van der Waals surface area contributed by atoms with Crippen molar-refractivity contribution in [3.63, 3.8) is 0 Å². The van der Waals surface area contributed by atoms with Gasteiger partial charge >= 0.3 is 0 Å². The molecule has 0 radical (unpaired) electrons. The van der Waals surface area contributed by atoms with Crippen LogP contribution < -0.4 is 20.7 Å². The van der Waals surface area contributed by atoms with Gasteiger partial charge < -0.3 is 10.1 Å². The van der Waals surface area contributed by atoms with E-state index in [0.29, 0.717) is 24.0 Å². The lowest BCUT2D eigenvalue weighted by atomic mass is 10.1. The number of aromatic nitrogens is 2. The summed E-state index contributed by atoms with van der Waals surface area (Å²) in [4.78, 5) is 38.4. The van der Waals surface area contributed by atoms with E-state index in [4.69, 9.17) is 4.74 Å². The number of fused-ring (bicyclic) bond motifs is 1. The molecule has 2 heterocycles. The standard InChI is InChI=1S/C23H24N6O3/c1-4-32-19-8-6-5-7-17(19)25-21(31)18-12-20(30)28-23(27-18)29-22-24-14(3)15-11-13(2)9-10-16(15)26-22/h5-11,18H,4,12H2,1-3H3,(H,25,31)(H2,24,26,27,28,29,30). The van der Waals surface area contributed by atoms with Crippen molar-refractivity contribution >= 4 is 40.3 Å². The summed E-state index contributed by atoms with van der Waals surface area (Å²) in [5, 5.41) is 9.32. The van der Waals surface area contributed by atoms with Gasteiger partial charge in [0.2, 0.25) is 23.7 Å². The third-order valence-electron chi connectivity index (χ3n) is 4.94. The molecular weight excluding hydrogens is 408 g/mol. The zero-order valence-corrected chi connectivity index (χ0v) is 18.1. The van der Waals surface area contributed by atoms with Crippen molar-refractivity contribution in [1.82, 2.24) is 15.3 Å². The molecule has 0 saturated carbocycles. The average molecular weight is 432 g/mol. The molecule has 3 N–H and O–H groups in total. The van der Waals surface area contributed by atoms with E-state index in [0.717, 1.165) is 22.2 Å². The molecule has 32 heavy (non-hydrogen) atoms. The smallest absolute Gasteiger partial charge is 0.249 e. The van der Waals surface area contributed by atoms with Gasteiger partial charge in [0.05, 0.1) is 29.9 Å². The number of amides is 2. The highest BCUT2D eigenvalue weighted by Crippen LogP contribution is 2.24. The Balaban J connectivity index is 1.55. The normalized spacial score (nSPS) is 15.7. The molecule has 1 unspecified atom stereocenters. The molecule has 0 aliphatic carbocycles. The van der Waals surface area contributed by atoms with Crippen LogP contribution in [0.2, 0.25) is 0 Å². The maximum atomic E-state index is 12.8. The molecule has 3 aromatic rings. The molecule has 164 valence electrons. The largest absolute Gasteiger partial charge is 0.492 e. The van der Waals surface area contributed by atoms with Gasteiger partial charge in [-0.15, -0.1) is 0 Å². The summed E-state index contributed by atoms with van der Waals surface area (Å²) in [5.74, 6) is 0.249. The van der Waals surface area contributed by atoms with Crippen molar-refractivity contribution in [2.24, 2.45) is 4.99 Å². The van der Waals surface area contributed by atoms with E-state index in [2.05, 4.69) is 30.9 Å². The monoisotopic (exact) mass is 432 g/mol. The van der Waals surface area contributed by atoms with E-state index in [-0.39, 0.29) is 18.3 Å². The Morgan fingerprint density at radius 3 is 2.81 bits per heavy atom. The maximum absolute atomic E-state index is 12.8. The molecule has 1 aliphatic heterocycles. The number of aryl methyl sites for hydroxylation is 2. The number of aliphatic imine (C=N–C) groups is 1. The Bertz CT molecular complexity index is 1220. The molecule has 0 saturated heterocycles. The molecule has 4 rings (SSSR count). The quantitative estimate of drug-likeness (QED) is 0.571. The van der Waals surface area contributed by atoms with E-state index in [1.54, 1.807) is 18.2 Å². The van der Waals surface area contributed by atoms with E-state index >= 15 is 0 Å².